The number of benzene rings is 1. The number of nitrogens with two attached hydrogens (primary N) is 1. The molecule has 1 aromatic carbocycles. The van der Waals surface area contributed by atoms with Crippen molar-refractivity contribution in [3.8, 4) is 0 Å². The predicted octanol–water partition coefficient (Wildman–Crippen LogP) is 3.61. The lowest BCUT2D eigenvalue weighted by Crippen LogP contribution is -2.44. The Hall–Kier alpha value is -2.13. The molecule has 30 heavy (non-hydrogen) atoms. The number of piperidine rings is 1. The molecule has 1 atom stereocenters. The number of carbonyl (C=O) groups excluding carboxylic acids is 2. The van der Waals surface area contributed by atoms with Crippen LogP contribution in [0.3, 0.4) is 0 Å². The molecule has 0 radical (unpaired) electrons. The van der Waals surface area contributed by atoms with Gasteiger partial charge in [0.05, 0.1) is 5.25 Å². The molecule has 2 heterocycles. The van der Waals surface area contributed by atoms with E-state index in [9.17, 15) is 9.59 Å². The summed E-state index contributed by atoms with van der Waals surface area (Å²) in [5, 5.41) is 12.4. The number of aryl methyl sites for hydroxylation is 2. The van der Waals surface area contributed by atoms with Gasteiger partial charge in [0.2, 0.25) is 16.9 Å². The zero-order valence-corrected chi connectivity index (χ0v) is 19.3. The Morgan fingerprint density at radius 2 is 1.87 bits per heavy atom. The van der Waals surface area contributed by atoms with Gasteiger partial charge in [0.15, 0.2) is 4.34 Å². The first-order valence-corrected chi connectivity index (χ1v) is 12.1. The van der Waals surface area contributed by atoms with Crippen LogP contribution < -0.4 is 11.1 Å². The van der Waals surface area contributed by atoms with E-state index < -0.39 is 0 Å². The van der Waals surface area contributed by atoms with Crippen LogP contribution in [0.1, 0.15) is 44.7 Å². The van der Waals surface area contributed by atoms with E-state index in [4.69, 9.17) is 5.73 Å². The third-order valence-electron chi connectivity index (χ3n) is 5.47. The maximum Gasteiger partial charge on any atom is 0.235 e. The van der Waals surface area contributed by atoms with Crippen LogP contribution in [0, 0.1) is 5.92 Å². The first-order valence-electron chi connectivity index (χ1n) is 10.4. The number of carbonyl (C=O) groups is 2. The molecule has 2 aromatic rings. The Balaban J connectivity index is 1.61. The van der Waals surface area contributed by atoms with Gasteiger partial charge < -0.3 is 16.0 Å². The summed E-state index contributed by atoms with van der Waals surface area (Å²) in [7, 11) is 0. The zero-order chi connectivity index (χ0) is 21.7. The Labute approximate surface area is 185 Å². The van der Waals surface area contributed by atoms with Gasteiger partial charge in [-0.05, 0) is 43.7 Å². The minimum Gasteiger partial charge on any atom is -0.369 e. The molecule has 3 N–H and O–H groups in total. The standard InChI is InChI=1S/C21H29N5O2S2/c1-4-14-7-6-8-15(5-2)17(14)23-20-24-25-21(30-20)29-13(3)19(28)26-11-9-16(10-12-26)18(22)27/h6-8,13,16H,4-5,9-12H2,1-3H3,(H2,22,27)(H,23,24). The highest BCUT2D eigenvalue weighted by atomic mass is 32.2. The number of primary amides is 1. The van der Waals surface area contributed by atoms with Crippen molar-refractivity contribution in [1.82, 2.24) is 15.1 Å². The van der Waals surface area contributed by atoms with Gasteiger partial charge >= 0.3 is 0 Å². The van der Waals surface area contributed by atoms with Crippen LogP contribution in [0.4, 0.5) is 10.8 Å². The third kappa shape index (κ3) is 5.31. The summed E-state index contributed by atoms with van der Waals surface area (Å²) in [4.78, 5) is 25.9. The van der Waals surface area contributed by atoms with Crippen LogP contribution in [0.15, 0.2) is 22.5 Å². The van der Waals surface area contributed by atoms with E-state index in [2.05, 4.69) is 47.6 Å². The number of nitrogens with zero attached hydrogens (tertiary/aromatic N) is 3. The molecule has 1 aliphatic rings. The highest BCUT2D eigenvalue weighted by molar-refractivity contribution is 8.02. The zero-order valence-electron chi connectivity index (χ0n) is 17.7. The van der Waals surface area contributed by atoms with E-state index in [1.165, 1.54) is 34.2 Å². The average molecular weight is 448 g/mol. The normalized spacial score (nSPS) is 15.8. The molecule has 0 aliphatic carbocycles. The fourth-order valence-electron chi connectivity index (χ4n) is 3.66. The largest absolute Gasteiger partial charge is 0.369 e. The number of hydrogen-bond acceptors (Lipinski definition) is 7. The summed E-state index contributed by atoms with van der Waals surface area (Å²) in [5.74, 6) is -0.320. The summed E-state index contributed by atoms with van der Waals surface area (Å²) >= 11 is 2.89. The monoisotopic (exact) mass is 447 g/mol. The molecule has 2 amide bonds. The van der Waals surface area contributed by atoms with E-state index in [1.807, 2.05) is 11.8 Å². The minimum atomic E-state index is -0.269. The second-order valence-electron chi connectivity index (χ2n) is 7.42. The molecular formula is C21H29N5O2S2. The Morgan fingerprint density at radius 1 is 1.23 bits per heavy atom. The number of thioether (sulfide) groups is 1. The van der Waals surface area contributed by atoms with Crippen LogP contribution in [0.5, 0.6) is 0 Å². The van der Waals surface area contributed by atoms with Crippen LogP contribution in [0.2, 0.25) is 0 Å². The first kappa shape index (κ1) is 22.6. The van der Waals surface area contributed by atoms with E-state index in [0.717, 1.165) is 28.0 Å². The summed E-state index contributed by atoms with van der Waals surface area (Å²) in [5.41, 5.74) is 8.99. The van der Waals surface area contributed by atoms with E-state index >= 15 is 0 Å². The highest BCUT2D eigenvalue weighted by Gasteiger charge is 2.29. The quantitative estimate of drug-likeness (QED) is 0.600. The van der Waals surface area contributed by atoms with Crippen molar-refractivity contribution in [2.45, 2.75) is 56.0 Å². The average Bonchev–Trinajstić information content (AvgIpc) is 3.20. The lowest BCUT2D eigenvalue weighted by atomic mass is 9.96. The maximum atomic E-state index is 12.8. The molecule has 1 aliphatic heterocycles. The molecule has 1 fully saturated rings. The van der Waals surface area contributed by atoms with Crippen molar-refractivity contribution in [2.75, 3.05) is 18.4 Å². The van der Waals surface area contributed by atoms with Crippen molar-refractivity contribution in [3.63, 3.8) is 0 Å². The van der Waals surface area contributed by atoms with Crippen molar-refractivity contribution in [3.05, 3.63) is 29.3 Å². The molecule has 162 valence electrons. The molecule has 0 bridgehead atoms. The number of likely N-dealkylation sites (tertiary alicyclic amines) is 1. The van der Waals surface area contributed by atoms with Crippen LogP contribution in [-0.2, 0) is 22.4 Å². The van der Waals surface area contributed by atoms with Crippen molar-refractivity contribution >= 4 is 45.7 Å². The van der Waals surface area contributed by atoms with E-state index in [-0.39, 0.29) is 23.0 Å². The van der Waals surface area contributed by atoms with Crippen LogP contribution in [0.25, 0.3) is 0 Å². The van der Waals surface area contributed by atoms with Crippen molar-refractivity contribution < 1.29 is 9.59 Å². The number of amides is 2. The van der Waals surface area contributed by atoms with Gasteiger partial charge in [-0.25, -0.2) is 0 Å². The maximum absolute atomic E-state index is 12.8. The Morgan fingerprint density at radius 3 is 2.43 bits per heavy atom. The first-order chi connectivity index (χ1) is 14.4. The molecule has 3 rings (SSSR count). The summed E-state index contributed by atoms with van der Waals surface area (Å²) in [6.07, 6.45) is 3.16. The van der Waals surface area contributed by atoms with Gasteiger partial charge in [0.25, 0.3) is 0 Å². The number of para-hydroxylation sites is 1. The second kappa shape index (κ2) is 10.3. The molecule has 1 saturated heterocycles. The number of aromatic nitrogens is 2. The molecule has 1 unspecified atom stereocenters. The van der Waals surface area contributed by atoms with E-state index in [0.29, 0.717) is 25.9 Å². The van der Waals surface area contributed by atoms with Gasteiger partial charge in [-0.2, -0.15) is 0 Å². The molecule has 7 nitrogen and oxygen atoms in total. The molecular weight excluding hydrogens is 418 g/mol. The number of rotatable bonds is 8. The number of hydrogen-bond donors (Lipinski definition) is 2. The molecule has 0 spiro atoms. The lowest BCUT2D eigenvalue weighted by molar-refractivity contribution is -0.134. The highest BCUT2D eigenvalue weighted by Crippen LogP contribution is 2.33. The fraction of sp³-hybridized carbons (Fsp3) is 0.524. The Bertz CT molecular complexity index is 871. The smallest absolute Gasteiger partial charge is 0.235 e. The van der Waals surface area contributed by atoms with Crippen LogP contribution >= 0.6 is 23.1 Å². The predicted molar refractivity (Wildman–Crippen MR) is 122 cm³/mol. The third-order valence-corrected chi connectivity index (χ3v) is 7.48. The van der Waals surface area contributed by atoms with E-state index in [1.54, 1.807) is 0 Å². The van der Waals surface area contributed by atoms with Gasteiger partial charge in [-0.15, -0.1) is 10.2 Å². The summed E-state index contributed by atoms with van der Waals surface area (Å²) in [6, 6.07) is 6.34. The number of nitrogens with one attached hydrogen (secondary N) is 1. The lowest BCUT2D eigenvalue weighted by Gasteiger charge is -2.32. The number of anilines is 2. The van der Waals surface area contributed by atoms with Gasteiger partial charge in [-0.1, -0.05) is 55.1 Å². The van der Waals surface area contributed by atoms with Crippen molar-refractivity contribution in [2.24, 2.45) is 11.7 Å². The van der Waals surface area contributed by atoms with Gasteiger partial charge in [0.1, 0.15) is 0 Å². The van der Waals surface area contributed by atoms with Crippen LogP contribution in [-0.4, -0.2) is 45.3 Å². The van der Waals surface area contributed by atoms with Gasteiger partial charge in [0, 0.05) is 24.7 Å². The SMILES string of the molecule is CCc1cccc(CC)c1Nc1nnc(SC(C)C(=O)N2CCC(C(N)=O)CC2)s1. The molecule has 9 heteroatoms. The molecule has 1 aromatic heterocycles. The minimum absolute atomic E-state index is 0.0669. The molecule has 0 saturated carbocycles. The summed E-state index contributed by atoms with van der Waals surface area (Å²) < 4.78 is 0.761. The van der Waals surface area contributed by atoms with Gasteiger partial charge in [-0.3, -0.25) is 9.59 Å². The fourth-order valence-corrected chi connectivity index (χ4v) is 5.65. The summed E-state index contributed by atoms with van der Waals surface area (Å²) in [6.45, 7) is 7.33. The van der Waals surface area contributed by atoms with Crippen molar-refractivity contribution in [1.29, 1.82) is 0 Å². The topological polar surface area (TPSA) is 101 Å². The Kier molecular flexibility index (Phi) is 7.71. The second-order valence-corrected chi connectivity index (χ2v) is 9.98.